The van der Waals surface area contributed by atoms with E-state index in [-0.39, 0.29) is 5.97 Å². The first-order valence-electron chi connectivity index (χ1n) is 7.20. The molecule has 0 aromatic heterocycles. The number of unbranched alkanes of at least 4 members (excludes halogenated alkanes) is 2. The maximum Gasteiger partial charge on any atom is 0.337 e. The molecule has 20 heavy (non-hydrogen) atoms. The number of carbonyl (C=O) groups is 1. The number of carbonyl (C=O) groups excluding carboxylic acids is 1. The Labute approximate surface area is 121 Å². The molecule has 1 aromatic rings. The van der Waals surface area contributed by atoms with E-state index in [0.29, 0.717) is 30.3 Å². The van der Waals surface area contributed by atoms with Gasteiger partial charge in [-0.2, -0.15) is 0 Å². The molecule has 0 N–H and O–H groups in total. The number of esters is 1. The molecule has 0 atom stereocenters. The monoisotopic (exact) mass is 280 g/mol. The SMILES string of the molecule is CCCCOc1ccc(C(=O)OC)cc1OCCCC. The van der Waals surface area contributed by atoms with Crippen molar-refractivity contribution in [3.63, 3.8) is 0 Å². The van der Waals surface area contributed by atoms with E-state index in [2.05, 4.69) is 13.8 Å². The number of methoxy groups -OCH3 is 1. The van der Waals surface area contributed by atoms with Crippen LogP contribution in [0.5, 0.6) is 11.5 Å². The quantitative estimate of drug-likeness (QED) is 0.509. The minimum Gasteiger partial charge on any atom is -0.490 e. The average molecular weight is 280 g/mol. The Kier molecular flexibility index (Phi) is 7.55. The molecule has 1 rings (SSSR count). The van der Waals surface area contributed by atoms with E-state index < -0.39 is 0 Å². The van der Waals surface area contributed by atoms with Gasteiger partial charge in [0, 0.05) is 0 Å². The smallest absolute Gasteiger partial charge is 0.337 e. The van der Waals surface area contributed by atoms with E-state index in [4.69, 9.17) is 14.2 Å². The lowest BCUT2D eigenvalue weighted by atomic mass is 10.2. The zero-order valence-corrected chi connectivity index (χ0v) is 12.6. The number of benzene rings is 1. The fourth-order valence-electron chi connectivity index (χ4n) is 1.64. The molecule has 0 amide bonds. The van der Waals surface area contributed by atoms with Crippen LogP contribution in [0.4, 0.5) is 0 Å². The van der Waals surface area contributed by atoms with Crippen LogP contribution < -0.4 is 9.47 Å². The van der Waals surface area contributed by atoms with Crippen LogP contribution in [0.1, 0.15) is 49.9 Å². The highest BCUT2D eigenvalue weighted by Gasteiger charge is 2.12. The van der Waals surface area contributed by atoms with E-state index in [0.717, 1.165) is 25.7 Å². The Hall–Kier alpha value is -1.71. The molecule has 0 heterocycles. The first kappa shape index (κ1) is 16.3. The number of ether oxygens (including phenoxy) is 3. The maximum absolute atomic E-state index is 11.5. The topological polar surface area (TPSA) is 44.8 Å². The van der Waals surface area contributed by atoms with Crippen molar-refractivity contribution in [2.45, 2.75) is 39.5 Å². The van der Waals surface area contributed by atoms with Crippen LogP contribution in [-0.4, -0.2) is 26.3 Å². The van der Waals surface area contributed by atoms with Gasteiger partial charge in [0.25, 0.3) is 0 Å². The van der Waals surface area contributed by atoms with Gasteiger partial charge in [-0.25, -0.2) is 4.79 Å². The van der Waals surface area contributed by atoms with E-state index in [1.165, 1.54) is 7.11 Å². The van der Waals surface area contributed by atoms with Crippen LogP contribution in [0.2, 0.25) is 0 Å². The van der Waals surface area contributed by atoms with Crippen molar-refractivity contribution in [1.82, 2.24) is 0 Å². The lowest BCUT2D eigenvalue weighted by Gasteiger charge is -2.13. The Morgan fingerprint density at radius 2 is 1.60 bits per heavy atom. The molecule has 112 valence electrons. The summed E-state index contributed by atoms with van der Waals surface area (Å²) < 4.78 is 16.1. The highest BCUT2D eigenvalue weighted by Crippen LogP contribution is 2.29. The first-order valence-corrected chi connectivity index (χ1v) is 7.20. The Bertz CT molecular complexity index is 415. The Morgan fingerprint density at radius 3 is 2.15 bits per heavy atom. The standard InChI is InChI=1S/C16H24O4/c1-4-6-10-19-14-9-8-13(16(17)18-3)12-15(14)20-11-7-5-2/h8-9,12H,4-7,10-11H2,1-3H3. The van der Waals surface area contributed by atoms with Crippen molar-refractivity contribution >= 4 is 5.97 Å². The van der Waals surface area contributed by atoms with Gasteiger partial charge in [0.2, 0.25) is 0 Å². The van der Waals surface area contributed by atoms with E-state index >= 15 is 0 Å². The molecule has 0 saturated heterocycles. The van der Waals surface area contributed by atoms with Crippen LogP contribution in [0.3, 0.4) is 0 Å². The lowest BCUT2D eigenvalue weighted by Crippen LogP contribution is -2.05. The van der Waals surface area contributed by atoms with Crippen LogP contribution in [0.15, 0.2) is 18.2 Å². The van der Waals surface area contributed by atoms with Crippen LogP contribution in [0.25, 0.3) is 0 Å². The van der Waals surface area contributed by atoms with Gasteiger partial charge in [-0.3, -0.25) is 0 Å². The van der Waals surface area contributed by atoms with Gasteiger partial charge in [0.05, 0.1) is 25.9 Å². The molecule has 4 heteroatoms. The van der Waals surface area contributed by atoms with Gasteiger partial charge >= 0.3 is 5.97 Å². The molecule has 0 radical (unpaired) electrons. The molecule has 0 unspecified atom stereocenters. The largest absolute Gasteiger partial charge is 0.490 e. The molecule has 0 aliphatic heterocycles. The minimum atomic E-state index is -0.370. The molecular weight excluding hydrogens is 256 g/mol. The van der Waals surface area contributed by atoms with E-state index in [9.17, 15) is 4.79 Å². The van der Waals surface area contributed by atoms with Crippen molar-refractivity contribution in [3.8, 4) is 11.5 Å². The summed E-state index contributed by atoms with van der Waals surface area (Å²) in [5.74, 6) is 0.921. The molecule has 0 aliphatic carbocycles. The predicted molar refractivity (Wildman–Crippen MR) is 78.6 cm³/mol. The van der Waals surface area contributed by atoms with Gasteiger partial charge in [0.1, 0.15) is 0 Å². The number of rotatable bonds is 9. The van der Waals surface area contributed by atoms with E-state index in [1.807, 2.05) is 0 Å². The van der Waals surface area contributed by atoms with E-state index in [1.54, 1.807) is 18.2 Å². The Balaban J connectivity index is 2.81. The Morgan fingerprint density at radius 1 is 1.00 bits per heavy atom. The summed E-state index contributed by atoms with van der Waals surface area (Å²) in [7, 11) is 1.37. The fourth-order valence-corrected chi connectivity index (χ4v) is 1.64. The fraction of sp³-hybridized carbons (Fsp3) is 0.562. The minimum absolute atomic E-state index is 0.370. The van der Waals surface area contributed by atoms with Gasteiger partial charge in [0.15, 0.2) is 11.5 Å². The normalized spacial score (nSPS) is 10.2. The van der Waals surface area contributed by atoms with Crippen LogP contribution in [-0.2, 0) is 4.74 Å². The third-order valence-electron chi connectivity index (χ3n) is 2.88. The number of hydrogen-bond acceptors (Lipinski definition) is 4. The van der Waals surface area contributed by atoms with Crippen LogP contribution >= 0.6 is 0 Å². The highest BCUT2D eigenvalue weighted by atomic mass is 16.5. The highest BCUT2D eigenvalue weighted by molar-refractivity contribution is 5.90. The molecule has 0 spiro atoms. The zero-order valence-electron chi connectivity index (χ0n) is 12.6. The van der Waals surface area contributed by atoms with Crippen molar-refractivity contribution < 1.29 is 19.0 Å². The molecular formula is C16H24O4. The predicted octanol–water partition coefficient (Wildman–Crippen LogP) is 3.83. The average Bonchev–Trinajstić information content (AvgIpc) is 2.48. The summed E-state index contributed by atoms with van der Waals surface area (Å²) in [6.07, 6.45) is 4.10. The summed E-state index contributed by atoms with van der Waals surface area (Å²) in [5.41, 5.74) is 0.474. The second-order valence-electron chi connectivity index (χ2n) is 4.56. The zero-order chi connectivity index (χ0) is 14.8. The molecule has 0 aliphatic rings. The molecule has 1 aromatic carbocycles. The maximum atomic E-state index is 11.5. The third-order valence-corrected chi connectivity index (χ3v) is 2.88. The lowest BCUT2D eigenvalue weighted by molar-refractivity contribution is 0.0600. The molecule has 0 bridgehead atoms. The van der Waals surface area contributed by atoms with Crippen LogP contribution in [0, 0.1) is 0 Å². The molecule has 4 nitrogen and oxygen atoms in total. The van der Waals surface area contributed by atoms with Gasteiger partial charge < -0.3 is 14.2 Å². The number of hydrogen-bond donors (Lipinski definition) is 0. The van der Waals surface area contributed by atoms with Gasteiger partial charge in [-0.1, -0.05) is 26.7 Å². The second kappa shape index (κ2) is 9.23. The molecule has 0 saturated carbocycles. The second-order valence-corrected chi connectivity index (χ2v) is 4.56. The van der Waals surface area contributed by atoms with Crippen molar-refractivity contribution in [1.29, 1.82) is 0 Å². The summed E-state index contributed by atoms with van der Waals surface area (Å²) in [6, 6.07) is 5.14. The summed E-state index contributed by atoms with van der Waals surface area (Å²) >= 11 is 0. The van der Waals surface area contributed by atoms with Gasteiger partial charge in [-0.15, -0.1) is 0 Å². The third kappa shape index (κ3) is 5.11. The molecule has 0 fully saturated rings. The summed E-state index contributed by atoms with van der Waals surface area (Å²) in [6.45, 7) is 5.48. The first-order chi connectivity index (χ1) is 9.72. The van der Waals surface area contributed by atoms with Crippen molar-refractivity contribution in [2.24, 2.45) is 0 Å². The summed E-state index contributed by atoms with van der Waals surface area (Å²) in [4.78, 5) is 11.5. The van der Waals surface area contributed by atoms with Gasteiger partial charge in [-0.05, 0) is 31.0 Å². The van der Waals surface area contributed by atoms with Crippen molar-refractivity contribution in [2.75, 3.05) is 20.3 Å². The van der Waals surface area contributed by atoms with Crippen molar-refractivity contribution in [3.05, 3.63) is 23.8 Å². The summed E-state index contributed by atoms with van der Waals surface area (Å²) in [5, 5.41) is 0.